The number of nitriles is 1. The second-order valence-electron chi connectivity index (χ2n) is 6.13. The van der Waals surface area contributed by atoms with Crippen molar-refractivity contribution in [1.29, 1.82) is 5.26 Å². The largest absolute Gasteiger partial charge is 0.493 e. The van der Waals surface area contributed by atoms with Crippen molar-refractivity contribution in [1.82, 2.24) is 4.98 Å². The van der Waals surface area contributed by atoms with Crippen molar-refractivity contribution < 1.29 is 14.3 Å². The Morgan fingerprint density at radius 2 is 2.07 bits per heavy atom. The summed E-state index contributed by atoms with van der Waals surface area (Å²) in [5, 5.41) is 10.7. The van der Waals surface area contributed by atoms with E-state index in [2.05, 4.69) is 11.9 Å². The van der Waals surface area contributed by atoms with Gasteiger partial charge < -0.3 is 14.5 Å². The molecule has 0 aliphatic heterocycles. The van der Waals surface area contributed by atoms with E-state index in [1.807, 2.05) is 24.3 Å². The fourth-order valence-corrected chi connectivity index (χ4v) is 3.48. The number of aromatic nitrogens is 1. The molecular weight excluding hydrogens is 376 g/mol. The third-order valence-corrected chi connectivity index (χ3v) is 4.84. The normalized spacial score (nSPS) is 11.3. The number of allylic oxidation sites excluding steroid dienone is 1. The Labute approximate surface area is 168 Å². The summed E-state index contributed by atoms with van der Waals surface area (Å²) in [6, 6.07) is 11.1. The van der Waals surface area contributed by atoms with Crippen LogP contribution in [0.3, 0.4) is 0 Å². The molecule has 3 rings (SSSR count). The fourth-order valence-electron chi connectivity index (χ4n) is 3.18. The first-order chi connectivity index (χ1) is 13.5. The molecule has 0 saturated carbocycles. The quantitative estimate of drug-likeness (QED) is 0.354. The molecular formula is C22H19ClN2O3. The summed E-state index contributed by atoms with van der Waals surface area (Å²) in [5.41, 5.74) is 3.07. The van der Waals surface area contributed by atoms with Crippen molar-refractivity contribution in [2.75, 3.05) is 14.2 Å². The Morgan fingerprint density at radius 3 is 2.71 bits per heavy atom. The number of para-hydroxylation sites is 1. The zero-order valence-corrected chi connectivity index (χ0v) is 16.6. The van der Waals surface area contributed by atoms with Crippen molar-refractivity contribution >= 4 is 34.4 Å². The molecule has 0 unspecified atom stereocenters. The zero-order chi connectivity index (χ0) is 20.3. The Balaban J connectivity index is 2.06. The number of ketones is 1. The van der Waals surface area contributed by atoms with Crippen LogP contribution in [-0.2, 0) is 6.42 Å². The molecule has 1 heterocycles. The first kappa shape index (κ1) is 19.5. The number of H-pyrrole nitrogens is 1. The van der Waals surface area contributed by atoms with Crippen LogP contribution in [0.15, 0.2) is 42.1 Å². The molecule has 0 amide bonds. The van der Waals surface area contributed by atoms with Gasteiger partial charge in [-0.3, -0.25) is 4.79 Å². The number of aryl methyl sites for hydroxylation is 1. The van der Waals surface area contributed by atoms with Gasteiger partial charge in [0.25, 0.3) is 0 Å². The van der Waals surface area contributed by atoms with Crippen LogP contribution >= 0.6 is 11.6 Å². The van der Waals surface area contributed by atoms with Gasteiger partial charge in [0.05, 0.1) is 19.2 Å². The van der Waals surface area contributed by atoms with E-state index in [1.165, 1.54) is 20.3 Å². The summed E-state index contributed by atoms with van der Waals surface area (Å²) in [5.74, 6) is 0.466. The molecule has 0 radical (unpaired) electrons. The van der Waals surface area contributed by atoms with Crippen molar-refractivity contribution in [3.05, 3.63) is 63.8 Å². The van der Waals surface area contributed by atoms with Crippen molar-refractivity contribution in [2.24, 2.45) is 0 Å². The minimum Gasteiger partial charge on any atom is -0.493 e. The molecule has 0 aliphatic rings. The zero-order valence-electron chi connectivity index (χ0n) is 15.8. The van der Waals surface area contributed by atoms with E-state index in [0.717, 1.165) is 22.9 Å². The lowest BCUT2D eigenvalue weighted by atomic mass is 9.99. The van der Waals surface area contributed by atoms with E-state index in [9.17, 15) is 10.1 Å². The van der Waals surface area contributed by atoms with Crippen LogP contribution in [0, 0.1) is 11.3 Å². The number of methoxy groups -OCH3 is 2. The predicted octanol–water partition coefficient (Wildman–Crippen LogP) is 5.19. The van der Waals surface area contributed by atoms with Crippen LogP contribution in [0.1, 0.15) is 28.4 Å². The van der Waals surface area contributed by atoms with E-state index in [-0.39, 0.29) is 11.4 Å². The molecule has 0 bridgehead atoms. The van der Waals surface area contributed by atoms with Gasteiger partial charge >= 0.3 is 0 Å². The maximum Gasteiger partial charge on any atom is 0.205 e. The van der Waals surface area contributed by atoms with Crippen LogP contribution in [0.4, 0.5) is 0 Å². The summed E-state index contributed by atoms with van der Waals surface area (Å²) in [4.78, 5) is 16.2. The van der Waals surface area contributed by atoms with Crippen LogP contribution in [0.2, 0.25) is 5.02 Å². The highest BCUT2D eigenvalue weighted by Gasteiger charge is 2.18. The molecule has 5 nitrogen and oxygen atoms in total. The summed E-state index contributed by atoms with van der Waals surface area (Å²) in [7, 11) is 2.99. The topological polar surface area (TPSA) is 75.1 Å². The third-order valence-electron chi connectivity index (χ3n) is 4.56. The molecule has 28 heavy (non-hydrogen) atoms. The minimum atomic E-state index is -0.354. The molecule has 0 atom stereocenters. The highest BCUT2D eigenvalue weighted by atomic mass is 35.5. The standard InChI is InChI=1S/C22H19ClN2O3/c1-4-14-6-5-7-16-17(12-25-20(14)16)21(26)15(11-24)8-13-9-18(23)22(28-3)19(10-13)27-2/h5-10,12,25H,4H2,1-3H3/b15-8+. The van der Waals surface area contributed by atoms with Gasteiger partial charge in [0, 0.05) is 22.7 Å². The molecule has 3 aromatic rings. The molecule has 1 N–H and O–H groups in total. The number of carbonyl (C=O) groups is 1. The summed E-state index contributed by atoms with van der Waals surface area (Å²) in [6.07, 6.45) is 3.99. The van der Waals surface area contributed by atoms with Gasteiger partial charge in [-0.1, -0.05) is 36.7 Å². The second-order valence-corrected chi connectivity index (χ2v) is 6.54. The Morgan fingerprint density at radius 1 is 1.29 bits per heavy atom. The number of nitrogens with one attached hydrogen (secondary N) is 1. The molecule has 0 fully saturated rings. The minimum absolute atomic E-state index is 0.00564. The van der Waals surface area contributed by atoms with E-state index in [1.54, 1.807) is 18.3 Å². The molecule has 0 aliphatic carbocycles. The van der Waals surface area contributed by atoms with Crippen LogP contribution in [0.5, 0.6) is 11.5 Å². The van der Waals surface area contributed by atoms with Crippen molar-refractivity contribution in [2.45, 2.75) is 13.3 Å². The monoisotopic (exact) mass is 394 g/mol. The smallest absolute Gasteiger partial charge is 0.205 e. The maximum absolute atomic E-state index is 13.0. The Hall–Kier alpha value is -3.23. The number of aromatic amines is 1. The highest BCUT2D eigenvalue weighted by molar-refractivity contribution is 6.32. The lowest BCUT2D eigenvalue weighted by Crippen LogP contribution is -2.01. The fraction of sp³-hybridized carbons (Fsp3) is 0.182. The molecule has 1 aromatic heterocycles. The predicted molar refractivity (Wildman–Crippen MR) is 110 cm³/mol. The van der Waals surface area contributed by atoms with Gasteiger partial charge in [0.15, 0.2) is 11.5 Å². The van der Waals surface area contributed by atoms with E-state index < -0.39 is 0 Å². The van der Waals surface area contributed by atoms with Crippen LogP contribution in [0.25, 0.3) is 17.0 Å². The number of carbonyl (C=O) groups excluding carboxylic acids is 1. The van der Waals surface area contributed by atoms with Crippen LogP contribution in [-0.4, -0.2) is 25.0 Å². The van der Waals surface area contributed by atoms with E-state index in [4.69, 9.17) is 21.1 Å². The molecule has 2 aromatic carbocycles. The summed E-state index contributed by atoms with van der Waals surface area (Å²) in [6.45, 7) is 2.05. The number of rotatable bonds is 6. The lowest BCUT2D eigenvalue weighted by Gasteiger charge is -2.10. The Kier molecular flexibility index (Phi) is 5.72. The highest BCUT2D eigenvalue weighted by Crippen LogP contribution is 2.36. The van der Waals surface area contributed by atoms with Crippen molar-refractivity contribution in [3.63, 3.8) is 0 Å². The second kappa shape index (κ2) is 8.20. The number of fused-ring (bicyclic) bond motifs is 1. The number of Topliss-reactive ketones (excluding diaryl/α,β-unsaturated/α-hetero) is 1. The summed E-state index contributed by atoms with van der Waals surface area (Å²) < 4.78 is 10.5. The van der Waals surface area contributed by atoms with Gasteiger partial charge in [0.1, 0.15) is 11.6 Å². The molecule has 0 spiro atoms. The molecule has 6 heteroatoms. The average Bonchev–Trinajstić information content (AvgIpc) is 3.15. The lowest BCUT2D eigenvalue weighted by molar-refractivity contribution is 0.104. The van der Waals surface area contributed by atoms with E-state index in [0.29, 0.717) is 27.6 Å². The van der Waals surface area contributed by atoms with Gasteiger partial charge in [-0.2, -0.15) is 5.26 Å². The number of nitrogens with zero attached hydrogens (tertiary/aromatic N) is 1. The SMILES string of the molecule is CCc1cccc2c(C(=O)/C(C#N)=C/c3cc(Cl)c(OC)c(OC)c3)c[nH]c12. The molecule has 142 valence electrons. The van der Waals surface area contributed by atoms with Gasteiger partial charge in [-0.15, -0.1) is 0 Å². The number of ether oxygens (including phenoxy) is 2. The number of halogens is 1. The van der Waals surface area contributed by atoms with Gasteiger partial charge in [-0.25, -0.2) is 0 Å². The number of hydrogen-bond acceptors (Lipinski definition) is 4. The molecule has 0 saturated heterocycles. The number of hydrogen-bond donors (Lipinski definition) is 1. The first-order valence-electron chi connectivity index (χ1n) is 8.71. The Bertz CT molecular complexity index is 1120. The maximum atomic E-state index is 13.0. The van der Waals surface area contributed by atoms with Gasteiger partial charge in [0.2, 0.25) is 5.78 Å². The van der Waals surface area contributed by atoms with E-state index >= 15 is 0 Å². The first-order valence-corrected chi connectivity index (χ1v) is 9.08. The summed E-state index contributed by atoms with van der Waals surface area (Å²) >= 11 is 6.22. The number of benzene rings is 2. The van der Waals surface area contributed by atoms with Gasteiger partial charge in [-0.05, 0) is 35.8 Å². The van der Waals surface area contributed by atoms with Crippen LogP contribution < -0.4 is 9.47 Å². The average molecular weight is 395 g/mol. The third kappa shape index (κ3) is 3.47. The van der Waals surface area contributed by atoms with Crippen molar-refractivity contribution in [3.8, 4) is 17.6 Å².